The van der Waals surface area contributed by atoms with Crippen LogP contribution < -0.4 is 4.90 Å². The predicted octanol–water partition coefficient (Wildman–Crippen LogP) is 4.82. The van der Waals surface area contributed by atoms with Crippen molar-refractivity contribution in [2.24, 2.45) is 0 Å². The van der Waals surface area contributed by atoms with Crippen LogP contribution in [0.3, 0.4) is 0 Å². The molecule has 0 aliphatic carbocycles. The smallest absolute Gasteiger partial charge is 0.261 e. The second-order valence-corrected chi connectivity index (χ2v) is 9.44. The van der Waals surface area contributed by atoms with Crippen LogP contribution in [0.5, 0.6) is 0 Å². The third-order valence-electron chi connectivity index (χ3n) is 5.24. The molecule has 0 bridgehead atoms. The average Bonchev–Trinajstić information content (AvgIpc) is 3.30. The van der Waals surface area contributed by atoms with Gasteiger partial charge in [0, 0.05) is 18.5 Å². The molecule has 2 amide bonds. The summed E-state index contributed by atoms with van der Waals surface area (Å²) >= 11 is 1.48. The summed E-state index contributed by atoms with van der Waals surface area (Å²) in [6.45, 7) is 7.36. The number of carbonyl (C=O) groups excluding carboxylic acids is 2. The van der Waals surface area contributed by atoms with Crippen molar-refractivity contribution < 1.29 is 9.59 Å². The molecule has 3 aromatic rings. The molecule has 0 atom stereocenters. The first kappa shape index (κ1) is 19.6. The molecule has 1 saturated heterocycles. The summed E-state index contributed by atoms with van der Waals surface area (Å²) in [4.78, 5) is 33.7. The quantitative estimate of drug-likeness (QED) is 0.623. The zero-order chi connectivity index (χ0) is 20.6. The minimum atomic E-state index is -0.135. The molecule has 2 aromatic carbocycles. The topological polar surface area (TPSA) is 53.5 Å². The number of hydrogen-bond donors (Lipinski definition) is 0. The molecule has 0 N–H and O–H groups in total. The Kier molecular flexibility index (Phi) is 5.13. The van der Waals surface area contributed by atoms with Crippen molar-refractivity contribution in [1.82, 2.24) is 9.88 Å². The number of thiazole rings is 1. The van der Waals surface area contributed by atoms with Gasteiger partial charge in [0.15, 0.2) is 5.13 Å². The Balaban J connectivity index is 1.69. The first-order valence-electron chi connectivity index (χ1n) is 9.89. The molecule has 150 valence electrons. The SMILES string of the molecule is CC(C)(C)c1ccc(C(=O)N(CN2CCCC2=O)c2nc3ccccc3s2)cc1. The van der Waals surface area contributed by atoms with Gasteiger partial charge in [-0.15, -0.1) is 0 Å². The summed E-state index contributed by atoms with van der Waals surface area (Å²) < 4.78 is 1.02. The average molecular weight is 408 g/mol. The summed E-state index contributed by atoms with van der Waals surface area (Å²) in [7, 11) is 0. The lowest BCUT2D eigenvalue weighted by molar-refractivity contribution is -0.127. The first-order chi connectivity index (χ1) is 13.8. The van der Waals surface area contributed by atoms with Crippen molar-refractivity contribution in [2.45, 2.75) is 39.0 Å². The van der Waals surface area contributed by atoms with Crippen LogP contribution in [0.1, 0.15) is 49.5 Å². The lowest BCUT2D eigenvalue weighted by Gasteiger charge is -2.26. The Morgan fingerprint density at radius 3 is 2.48 bits per heavy atom. The van der Waals surface area contributed by atoms with Gasteiger partial charge in [-0.3, -0.25) is 14.5 Å². The maximum atomic E-state index is 13.4. The number of anilines is 1. The number of amides is 2. The number of benzene rings is 2. The Morgan fingerprint density at radius 2 is 1.86 bits per heavy atom. The van der Waals surface area contributed by atoms with E-state index in [4.69, 9.17) is 0 Å². The van der Waals surface area contributed by atoms with Crippen molar-refractivity contribution in [3.8, 4) is 0 Å². The summed E-state index contributed by atoms with van der Waals surface area (Å²) in [6, 6.07) is 15.6. The molecular formula is C23H25N3O2S. The minimum absolute atomic E-state index is 0.0241. The van der Waals surface area contributed by atoms with Gasteiger partial charge in [0.25, 0.3) is 5.91 Å². The van der Waals surface area contributed by atoms with Crippen LogP contribution in [0.2, 0.25) is 0 Å². The molecule has 0 unspecified atom stereocenters. The molecule has 4 rings (SSSR count). The standard InChI is InChI=1S/C23H25N3O2S/c1-23(2,3)17-12-10-16(11-13-17)21(28)26(15-25-14-6-9-20(25)27)22-24-18-7-4-5-8-19(18)29-22/h4-5,7-8,10-13H,6,9,14-15H2,1-3H3. The third-order valence-corrected chi connectivity index (χ3v) is 6.30. The van der Waals surface area contributed by atoms with E-state index >= 15 is 0 Å². The van der Waals surface area contributed by atoms with E-state index in [1.807, 2.05) is 48.5 Å². The van der Waals surface area contributed by atoms with Crippen LogP contribution in [0.15, 0.2) is 48.5 Å². The molecule has 1 aromatic heterocycles. The van der Waals surface area contributed by atoms with Crippen molar-refractivity contribution in [1.29, 1.82) is 0 Å². The fourth-order valence-electron chi connectivity index (χ4n) is 3.48. The molecule has 29 heavy (non-hydrogen) atoms. The van der Waals surface area contributed by atoms with Gasteiger partial charge >= 0.3 is 0 Å². The molecule has 1 aliphatic rings. The highest BCUT2D eigenvalue weighted by Crippen LogP contribution is 2.31. The summed E-state index contributed by atoms with van der Waals surface area (Å²) in [5, 5.41) is 0.621. The van der Waals surface area contributed by atoms with Crippen LogP contribution in [0.4, 0.5) is 5.13 Å². The zero-order valence-corrected chi connectivity index (χ0v) is 17.8. The van der Waals surface area contributed by atoms with Crippen LogP contribution in [0, 0.1) is 0 Å². The minimum Gasteiger partial charge on any atom is -0.324 e. The van der Waals surface area contributed by atoms with Gasteiger partial charge < -0.3 is 4.90 Å². The molecule has 0 spiro atoms. The predicted molar refractivity (Wildman–Crippen MR) is 117 cm³/mol. The van der Waals surface area contributed by atoms with Gasteiger partial charge in [-0.1, -0.05) is 56.4 Å². The Bertz CT molecular complexity index is 1020. The van der Waals surface area contributed by atoms with Crippen LogP contribution in [-0.2, 0) is 10.2 Å². The van der Waals surface area contributed by atoms with E-state index in [0.717, 1.165) is 16.6 Å². The number of carbonyl (C=O) groups is 2. The molecule has 1 aliphatic heterocycles. The Morgan fingerprint density at radius 1 is 1.14 bits per heavy atom. The highest BCUT2D eigenvalue weighted by Gasteiger charge is 2.28. The van der Waals surface area contributed by atoms with E-state index in [9.17, 15) is 9.59 Å². The molecule has 2 heterocycles. The van der Waals surface area contributed by atoms with Gasteiger partial charge in [-0.2, -0.15) is 0 Å². The highest BCUT2D eigenvalue weighted by atomic mass is 32.1. The van der Waals surface area contributed by atoms with Gasteiger partial charge in [0.05, 0.1) is 10.2 Å². The maximum absolute atomic E-state index is 13.4. The number of fused-ring (bicyclic) bond motifs is 1. The van der Waals surface area contributed by atoms with Crippen LogP contribution >= 0.6 is 11.3 Å². The number of likely N-dealkylation sites (tertiary alicyclic amines) is 1. The number of nitrogens with zero attached hydrogens (tertiary/aromatic N) is 3. The second kappa shape index (κ2) is 7.59. The van der Waals surface area contributed by atoms with E-state index in [0.29, 0.717) is 23.7 Å². The fraction of sp³-hybridized carbons (Fsp3) is 0.348. The first-order valence-corrected chi connectivity index (χ1v) is 10.7. The van der Waals surface area contributed by atoms with E-state index < -0.39 is 0 Å². The molecule has 5 nitrogen and oxygen atoms in total. The van der Waals surface area contributed by atoms with Crippen molar-refractivity contribution in [2.75, 3.05) is 18.1 Å². The molecule has 0 radical (unpaired) electrons. The van der Waals surface area contributed by atoms with E-state index in [1.165, 1.54) is 16.9 Å². The van der Waals surface area contributed by atoms with Gasteiger partial charge in [0.1, 0.15) is 6.67 Å². The lowest BCUT2D eigenvalue weighted by atomic mass is 9.86. The Hall–Kier alpha value is -2.73. The van der Waals surface area contributed by atoms with Gasteiger partial charge in [-0.25, -0.2) is 4.98 Å². The summed E-state index contributed by atoms with van der Waals surface area (Å²) in [6.07, 6.45) is 1.38. The largest absolute Gasteiger partial charge is 0.324 e. The molecule has 1 fully saturated rings. The second-order valence-electron chi connectivity index (χ2n) is 8.43. The van der Waals surface area contributed by atoms with Gasteiger partial charge in [-0.05, 0) is 41.7 Å². The molecular weight excluding hydrogens is 382 g/mol. The molecule has 0 saturated carbocycles. The number of hydrogen-bond acceptors (Lipinski definition) is 4. The van der Waals surface area contributed by atoms with Crippen LogP contribution in [0.25, 0.3) is 10.2 Å². The monoisotopic (exact) mass is 407 g/mol. The molecule has 6 heteroatoms. The Labute approximate surface area is 175 Å². The number of rotatable bonds is 4. The summed E-state index contributed by atoms with van der Waals surface area (Å²) in [5.74, 6) is -0.0452. The van der Waals surface area contributed by atoms with Crippen molar-refractivity contribution >= 4 is 38.5 Å². The van der Waals surface area contributed by atoms with Crippen LogP contribution in [-0.4, -0.2) is 34.9 Å². The summed E-state index contributed by atoms with van der Waals surface area (Å²) in [5.41, 5.74) is 2.66. The number of para-hydroxylation sites is 1. The highest BCUT2D eigenvalue weighted by molar-refractivity contribution is 7.22. The van der Waals surface area contributed by atoms with E-state index in [1.54, 1.807) is 9.80 Å². The van der Waals surface area contributed by atoms with Crippen molar-refractivity contribution in [3.05, 3.63) is 59.7 Å². The van der Waals surface area contributed by atoms with E-state index in [-0.39, 0.29) is 23.9 Å². The number of aromatic nitrogens is 1. The van der Waals surface area contributed by atoms with Crippen molar-refractivity contribution in [3.63, 3.8) is 0 Å². The maximum Gasteiger partial charge on any atom is 0.261 e. The third kappa shape index (κ3) is 4.03. The lowest BCUT2D eigenvalue weighted by Crippen LogP contribution is -2.42. The zero-order valence-electron chi connectivity index (χ0n) is 17.0. The van der Waals surface area contributed by atoms with E-state index in [2.05, 4.69) is 25.8 Å². The normalized spacial score (nSPS) is 14.6. The van der Waals surface area contributed by atoms with Gasteiger partial charge in [0.2, 0.25) is 5.91 Å². The fourth-order valence-corrected chi connectivity index (χ4v) is 4.44.